The average molecular weight is 269 g/mol. The molecule has 1 atom stereocenters. The van der Waals surface area contributed by atoms with Crippen molar-refractivity contribution in [2.24, 2.45) is 5.73 Å². The third-order valence-corrected chi connectivity index (χ3v) is 4.01. The SMILES string of the molecule is CN1C(=O)N(CCN)CC1c1cccc2ccccc12. The first-order valence-electron chi connectivity index (χ1n) is 6.92. The molecule has 4 nitrogen and oxygen atoms in total. The van der Waals surface area contributed by atoms with Crippen molar-refractivity contribution in [2.75, 3.05) is 26.7 Å². The minimum atomic E-state index is 0.0633. The highest BCUT2D eigenvalue weighted by Crippen LogP contribution is 2.32. The van der Waals surface area contributed by atoms with Crippen molar-refractivity contribution in [1.82, 2.24) is 9.80 Å². The Balaban J connectivity index is 2.01. The monoisotopic (exact) mass is 269 g/mol. The molecule has 0 saturated carbocycles. The predicted octanol–water partition coefficient (Wildman–Crippen LogP) is 2.21. The van der Waals surface area contributed by atoms with E-state index in [4.69, 9.17) is 5.73 Å². The molecule has 3 rings (SSSR count). The Morgan fingerprint density at radius 2 is 1.95 bits per heavy atom. The molecule has 1 aliphatic heterocycles. The van der Waals surface area contributed by atoms with Gasteiger partial charge in [-0.25, -0.2) is 4.79 Å². The second kappa shape index (κ2) is 5.13. The maximum Gasteiger partial charge on any atom is 0.320 e. The van der Waals surface area contributed by atoms with Crippen LogP contribution in [0.3, 0.4) is 0 Å². The van der Waals surface area contributed by atoms with Crippen LogP contribution in [0, 0.1) is 0 Å². The van der Waals surface area contributed by atoms with Crippen LogP contribution in [0.5, 0.6) is 0 Å². The molecule has 1 saturated heterocycles. The Morgan fingerprint density at radius 3 is 2.75 bits per heavy atom. The molecule has 0 aromatic heterocycles. The highest BCUT2D eigenvalue weighted by Gasteiger charge is 2.35. The fraction of sp³-hybridized carbons (Fsp3) is 0.312. The van der Waals surface area contributed by atoms with E-state index in [0.29, 0.717) is 19.6 Å². The molecule has 1 fully saturated rings. The molecule has 1 unspecified atom stereocenters. The zero-order valence-corrected chi connectivity index (χ0v) is 11.6. The van der Waals surface area contributed by atoms with Crippen LogP contribution in [-0.4, -0.2) is 42.5 Å². The number of amides is 2. The van der Waals surface area contributed by atoms with Crippen LogP contribution in [-0.2, 0) is 0 Å². The molecular formula is C16H19N3O. The summed E-state index contributed by atoms with van der Waals surface area (Å²) in [5, 5.41) is 2.43. The van der Waals surface area contributed by atoms with Gasteiger partial charge in [0, 0.05) is 26.7 Å². The number of hydrogen-bond donors (Lipinski definition) is 1. The van der Waals surface area contributed by atoms with Crippen molar-refractivity contribution in [3.63, 3.8) is 0 Å². The third kappa shape index (κ3) is 2.02. The topological polar surface area (TPSA) is 49.6 Å². The fourth-order valence-corrected chi connectivity index (χ4v) is 2.96. The molecule has 0 spiro atoms. The molecule has 2 amide bonds. The van der Waals surface area contributed by atoms with Gasteiger partial charge < -0.3 is 15.5 Å². The van der Waals surface area contributed by atoms with Crippen LogP contribution < -0.4 is 5.73 Å². The molecule has 20 heavy (non-hydrogen) atoms. The van der Waals surface area contributed by atoms with E-state index < -0.39 is 0 Å². The fourth-order valence-electron chi connectivity index (χ4n) is 2.96. The maximum atomic E-state index is 12.2. The van der Waals surface area contributed by atoms with Crippen LogP contribution >= 0.6 is 0 Å². The number of fused-ring (bicyclic) bond motifs is 1. The van der Waals surface area contributed by atoms with E-state index in [9.17, 15) is 4.79 Å². The van der Waals surface area contributed by atoms with Crippen LogP contribution in [0.1, 0.15) is 11.6 Å². The van der Waals surface area contributed by atoms with E-state index in [1.165, 1.54) is 16.3 Å². The molecule has 1 heterocycles. The van der Waals surface area contributed by atoms with Crippen molar-refractivity contribution in [3.05, 3.63) is 48.0 Å². The Morgan fingerprint density at radius 1 is 1.20 bits per heavy atom. The van der Waals surface area contributed by atoms with Crippen LogP contribution in [0.2, 0.25) is 0 Å². The molecule has 0 radical (unpaired) electrons. The second-order valence-corrected chi connectivity index (χ2v) is 5.21. The largest absolute Gasteiger partial charge is 0.329 e. The number of rotatable bonds is 3. The van der Waals surface area contributed by atoms with Gasteiger partial charge in [0.25, 0.3) is 0 Å². The first kappa shape index (κ1) is 12.9. The smallest absolute Gasteiger partial charge is 0.320 e. The molecule has 104 valence electrons. The van der Waals surface area contributed by atoms with Gasteiger partial charge in [-0.2, -0.15) is 0 Å². The van der Waals surface area contributed by atoms with Crippen molar-refractivity contribution >= 4 is 16.8 Å². The molecule has 0 bridgehead atoms. The molecule has 2 aromatic rings. The van der Waals surface area contributed by atoms with E-state index in [2.05, 4.69) is 30.3 Å². The van der Waals surface area contributed by atoms with Crippen molar-refractivity contribution < 1.29 is 4.79 Å². The van der Waals surface area contributed by atoms with Crippen LogP contribution in [0.15, 0.2) is 42.5 Å². The number of urea groups is 1. The van der Waals surface area contributed by atoms with Gasteiger partial charge in [-0.15, -0.1) is 0 Å². The van der Waals surface area contributed by atoms with E-state index in [1.807, 2.05) is 29.0 Å². The lowest BCUT2D eigenvalue weighted by atomic mass is 9.98. The summed E-state index contributed by atoms with van der Waals surface area (Å²) in [6.45, 7) is 1.83. The van der Waals surface area contributed by atoms with Gasteiger partial charge in [0.1, 0.15) is 0 Å². The molecular weight excluding hydrogens is 250 g/mol. The first-order chi connectivity index (χ1) is 9.72. The second-order valence-electron chi connectivity index (χ2n) is 5.21. The van der Waals surface area contributed by atoms with E-state index in [0.717, 1.165) is 0 Å². The number of likely N-dealkylation sites (N-methyl/N-ethyl adjacent to an activating group) is 1. The predicted molar refractivity (Wildman–Crippen MR) is 80.5 cm³/mol. The van der Waals surface area contributed by atoms with Gasteiger partial charge in [0.15, 0.2) is 0 Å². The standard InChI is InChI=1S/C16H19N3O/c1-18-15(11-19(10-9-17)16(18)20)14-8-4-6-12-5-2-3-7-13(12)14/h2-8,15H,9-11,17H2,1H3. The number of carbonyl (C=O) groups is 1. The zero-order chi connectivity index (χ0) is 14.1. The molecule has 4 heteroatoms. The minimum Gasteiger partial charge on any atom is -0.329 e. The van der Waals surface area contributed by atoms with Gasteiger partial charge in [-0.05, 0) is 16.3 Å². The van der Waals surface area contributed by atoms with Crippen molar-refractivity contribution in [1.29, 1.82) is 0 Å². The third-order valence-electron chi connectivity index (χ3n) is 4.01. The Hall–Kier alpha value is -2.07. The summed E-state index contributed by atoms with van der Waals surface area (Å²) in [5.41, 5.74) is 6.79. The van der Waals surface area contributed by atoms with Gasteiger partial charge in [-0.1, -0.05) is 42.5 Å². The first-order valence-corrected chi connectivity index (χ1v) is 6.92. The summed E-state index contributed by atoms with van der Waals surface area (Å²) < 4.78 is 0. The van der Waals surface area contributed by atoms with E-state index in [-0.39, 0.29) is 12.1 Å². The minimum absolute atomic E-state index is 0.0633. The van der Waals surface area contributed by atoms with Crippen molar-refractivity contribution in [3.8, 4) is 0 Å². The number of carbonyl (C=O) groups excluding carboxylic acids is 1. The molecule has 1 aliphatic rings. The Kier molecular flexibility index (Phi) is 3.32. The maximum absolute atomic E-state index is 12.2. The summed E-state index contributed by atoms with van der Waals surface area (Å²) >= 11 is 0. The van der Waals surface area contributed by atoms with E-state index >= 15 is 0 Å². The van der Waals surface area contributed by atoms with Crippen LogP contribution in [0.4, 0.5) is 4.79 Å². The number of nitrogens with two attached hydrogens (primary N) is 1. The molecule has 0 aliphatic carbocycles. The summed E-state index contributed by atoms with van der Waals surface area (Å²) in [4.78, 5) is 15.9. The average Bonchev–Trinajstić information content (AvgIpc) is 2.76. The molecule has 2 N–H and O–H groups in total. The Labute approximate surface area is 118 Å². The normalized spacial score (nSPS) is 19.1. The lowest BCUT2D eigenvalue weighted by Crippen LogP contribution is -2.33. The molecule has 2 aromatic carbocycles. The lowest BCUT2D eigenvalue weighted by molar-refractivity contribution is 0.196. The highest BCUT2D eigenvalue weighted by molar-refractivity contribution is 5.87. The van der Waals surface area contributed by atoms with Crippen LogP contribution in [0.25, 0.3) is 10.8 Å². The zero-order valence-electron chi connectivity index (χ0n) is 11.6. The summed E-state index contributed by atoms with van der Waals surface area (Å²) in [6.07, 6.45) is 0. The number of nitrogens with zero attached hydrogens (tertiary/aromatic N) is 2. The van der Waals surface area contributed by atoms with Gasteiger partial charge in [0.05, 0.1) is 6.04 Å². The van der Waals surface area contributed by atoms with Gasteiger partial charge >= 0.3 is 6.03 Å². The number of hydrogen-bond acceptors (Lipinski definition) is 2. The van der Waals surface area contributed by atoms with Gasteiger partial charge in [0.2, 0.25) is 0 Å². The Bertz CT molecular complexity index is 635. The quantitative estimate of drug-likeness (QED) is 0.928. The number of benzene rings is 2. The summed E-state index contributed by atoms with van der Waals surface area (Å²) in [5.74, 6) is 0. The highest BCUT2D eigenvalue weighted by atomic mass is 16.2. The summed E-state index contributed by atoms with van der Waals surface area (Å²) in [7, 11) is 1.87. The lowest BCUT2D eigenvalue weighted by Gasteiger charge is -2.19. The van der Waals surface area contributed by atoms with Gasteiger partial charge in [-0.3, -0.25) is 0 Å². The van der Waals surface area contributed by atoms with Crippen molar-refractivity contribution in [2.45, 2.75) is 6.04 Å². The van der Waals surface area contributed by atoms with E-state index in [1.54, 1.807) is 0 Å². The summed E-state index contributed by atoms with van der Waals surface area (Å²) in [6, 6.07) is 14.7.